The summed E-state index contributed by atoms with van der Waals surface area (Å²) >= 11 is 0. The van der Waals surface area contributed by atoms with Gasteiger partial charge in [-0.2, -0.15) is 13.2 Å². The third kappa shape index (κ3) is 3.25. The molecule has 7 heteroatoms. The summed E-state index contributed by atoms with van der Waals surface area (Å²) in [5.74, 6) is 0. The second-order valence-electron chi connectivity index (χ2n) is 5.43. The number of rotatable bonds is 3. The highest BCUT2D eigenvalue weighted by Crippen LogP contribution is 2.33. The smallest absolute Gasteiger partial charge is 0.207 e. The van der Waals surface area contributed by atoms with E-state index in [4.69, 9.17) is 0 Å². The summed E-state index contributed by atoms with van der Waals surface area (Å²) in [6.07, 6.45) is -3.07. The van der Waals surface area contributed by atoms with Gasteiger partial charge in [-0.25, -0.2) is 13.1 Å². The molecule has 0 unspecified atom stereocenters. The summed E-state index contributed by atoms with van der Waals surface area (Å²) in [5.41, 5.74) is 1.14. The van der Waals surface area contributed by atoms with Gasteiger partial charge in [-0.3, -0.25) is 0 Å². The van der Waals surface area contributed by atoms with Crippen molar-refractivity contribution in [1.82, 2.24) is 4.72 Å². The Hall–Kier alpha value is -1.86. The number of halogens is 3. The highest BCUT2D eigenvalue weighted by molar-refractivity contribution is 7.89. The van der Waals surface area contributed by atoms with Crippen LogP contribution in [0.25, 0.3) is 0 Å². The van der Waals surface area contributed by atoms with Crippen LogP contribution in [-0.4, -0.2) is 8.42 Å². The molecule has 3 nitrogen and oxygen atoms in total. The topological polar surface area (TPSA) is 46.2 Å². The molecule has 23 heavy (non-hydrogen) atoms. The maximum atomic E-state index is 12.5. The second kappa shape index (κ2) is 5.65. The van der Waals surface area contributed by atoms with Gasteiger partial charge >= 0.3 is 6.18 Å². The zero-order valence-electron chi connectivity index (χ0n) is 12.0. The number of fused-ring (bicyclic) bond motifs is 1. The van der Waals surface area contributed by atoms with Crippen LogP contribution >= 0.6 is 0 Å². The Morgan fingerprint density at radius 2 is 1.65 bits per heavy atom. The first-order chi connectivity index (χ1) is 10.8. The molecular weight excluding hydrogens is 327 g/mol. The maximum absolute atomic E-state index is 12.5. The van der Waals surface area contributed by atoms with Gasteiger partial charge in [-0.1, -0.05) is 24.3 Å². The minimum Gasteiger partial charge on any atom is -0.207 e. The van der Waals surface area contributed by atoms with Gasteiger partial charge in [0.15, 0.2) is 0 Å². The summed E-state index contributed by atoms with van der Waals surface area (Å²) in [4.78, 5) is -0.171. The van der Waals surface area contributed by atoms with Crippen molar-refractivity contribution in [3.63, 3.8) is 0 Å². The van der Waals surface area contributed by atoms with Crippen molar-refractivity contribution in [1.29, 1.82) is 0 Å². The van der Waals surface area contributed by atoms with E-state index in [-0.39, 0.29) is 10.9 Å². The zero-order valence-corrected chi connectivity index (χ0v) is 12.8. The highest BCUT2D eigenvalue weighted by atomic mass is 32.2. The second-order valence-corrected chi connectivity index (χ2v) is 7.15. The standard InChI is InChI=1S/C16H14F3NO2S/c17-16(18,19)12-6-8-13(9-7-12)23(21,22)20-15-10-5-11-3-1-2-4-14(11)15/h1-4,6-9,15,20H,5,10H2/t15-/m0/s1. The number of sulfonamides is 1. The van der Waals surface area contributed by atoms with Crippen LogP contribution in [0.2, 0.25) is 0 Å². The van der Waals surface area contributed by atoms with Gasteiger partial charge in [0, 0.05) is 6.04 Å². The van der Waals surface area contributed by atoms with Crippen LogP contribution < -0.4 is 4.72 Å². The van der Waals surface area contributed by atoms with E-state index in [2.05, 4.69) is 4.72 Å². The van der Waals surface area contributed by atoms with Crippen LogP contribution in [0.1, 0.15) is 29.2 Å². The Bertz CT molecular complexity index is 814. The maximum Gasteiger partial charge on any atom is 0.416 e. The molecule has 0 fully saturated rings. The van der Waals surface area contributed by atoms with Crippen molar-refractivity contribution in [2.45, 2.75) is 30.0 Å². The number of hydrogen-bond acceptors (Lipinski definition) is 2. The number of hydrogen-bond donors (Lipinski definition) is 1. The van der Waals surface area contributed by atoms with Crippen LogP contribution in [0.15, 0.2) is 53.4 Å². The average Bonchev–Trinajstić information content (AvgIpc) is 2.89. The molecule has 0 aromatic heterocycles. The first-order valence-electron chi connectivity index (χ1n) is 7.05. The molecule has 0 spiro atoms. The summed E-state index contributed by atoms with van der Waals surface area (Å²) in [5, 5.41) is 0. The molecule has 0 amide bonds. The molecule has 0 radical (unpaired) electrons. The molecule has 0 aliphatic heterocycles. The van der Waals surface area contributed by atoms with E-state index in [9.17, 15) is 21.6 Å². The Balaban J connectivity index is 1.83. The van der Waals surface area contributed by atoms with Crippen molar-refractivity contribution in [2.24, 2.45) is 0 Å². The van der Waals surface area contributed by atoms with Gasteiger partial charge in [-0.05, 0) is 48.2 Å². The third-order valence-corrected chi connectivity index (χ3v) is 5.41. The fourth-order valence-electron chi connectivity index (χ4n) is 2.76. The van der Waals surface area contributed by atoms with E-state index in [1.165, 1.54) is 0 Å². The zero-order chi connectivity index (χ0) is 16.7. The monoisotopic (exact) mass is 341 g/mol. The average molecular weight is 341 g/mol. The Labute approximate surface area is 132 Å². The molecular formula is C16H14F3NO2S. The van der Waals surface area contributed by atoms with Crippen LogP contribution in [0, 0.1) is 0 Å². The molecule has 0 heterocycles. The lowest BCUT2D eigenvalue weighted by Crippen LogP contribution is -2.27. The third-order valence-electron chi connectivity index (χ3n) is 3.92. The lowest BCUT2D eigenvalue weighted by molar-refractivity contribution is -0.137. The molecule has 1 N–H and O–H groups in total. The molecule has 2 aromatic rings. The molecule has 3 rings (SSSR count). The van der Waals surface area contributed by atoms with Crippen molar-refractivity contribution in [3.05, 3.63) is 65.2 Å². The Kier molecular flexibility index (Phi) is 3.93. The van der Waals surface area contributed by atoms with Crippen molar-refractivity contribution >= 4 is 10.0 Å². The molecule has 0 bridgehead atoms. The minimum atomic E-state index is -4.49. The van der Waals surface area contributed by atoms with E-state index in [1.54, 1.807) is 0 Å². The van der Waals surface area contributed by atoms with Crippen LogP contribution in [-0.2, 0) is 22.6 Å². The molecule has 1 atom stereocenters. The van der Waals surface area contributed by atoms with Crippen LogP contribution in [0.5, 0.6) is 0 Å². The Morgan fingerprint density at radius 1 is 1.00 bits per heavy atom. The van der Waals surface area contributed by atoms with Crippen LogP contribution in [0.3, 0.4) is 0 Å². The van der Waals surface area contributed by atoms with Crippen molar-refractivity contribution < 1.29 is 21.6 Å². The van der Waals surface area contributed by atoms with E-state index < -0.39 is 21.8 Å². The first kappa shape index (κ1) is 16.0. The van der Waals surface area contributed by atoms with E-state index in [1.807, 2.05) is 24.3 Å². The minimum absolute atomic E-state index is 0.171. The normalized spacial score (nSPS) is 18.0. The summed E-state index contributed by atoms with van der Waals surface area (Å²) in [6, 6.07) is 10.7. The predicted molar refractivity (Wildman–Crippen MR) is 79.3 cm³/mol. The lowest BCUT2D eigenvalue weighted by Gasteiger charge is -2.15. The predicted octanol–water partition coefficient (Wildman–Crippen LogP) is 3.67. The summed E-state index contributed by atoms with van der Waals surface area (Å²) < 4.78 is 64.9. The Morgan fingerprint density at radius 3 is 2.30 bits per heavy atom. The number of nitrogens with one attached hydrogen (secondary N) is 1. The molecule has 2 aromatic carbocycles. The lowest BCUT2D eigenvalue weighted by atomic mass is 10.1. The number of benzene rings is 2. The summed E-state index contributed by atoms with van der Waals surface area (Å²) in [7, 11) is -3.87. The quantitative estimate of drug-likeness (QED) is 0.926. The van der Waals surface area contributed by atoms with Gasteiger partial charge in [0.1, 0.15) is 0 Å². The van der Waals surface area contributed by atoms with E-state index in [0.29, 0.717) is 6.42 Å². The molecule has 1 aliphatic rings. The fraction of sp³-hybridized carbons (Fsp3) is 0.250. The van der Waals surface area contributed by atoms with E-state index >= 15 is 0 Å². The molecule has 122 valence electrons. The number of alkyl halides is 3. The van der Waals surface area contributed by atoms with Crippen molar-refractivity contribution in [2.75, 3.05) is 0 Å². The van der Waals surface area contributed by atoms with Crippen molar-refractivity contribution in [3.8, 4) is 0 Å². The fourth-order valence-corrected chi connectivity index (χ4v) is 4.01. The largest absolute Gasteiger partial charge is 0.416 e. The summed E-state index contributed by atoms with van der Waals surface area (Å²) in [6.45, 7) is 0. The van der Waals surface area contributed by atoms with Gasteiger partial charge in [-0.15, -0.1) is 0 Å². The van der Waals surface area contributed by atoms with Gasteiger partial charge < -0.3 is 0 Å². The van der Waals surface area contributed by atoms with Gasteiger partial charge in [0.05, 0.1) is 10.5 Å². The molecule has 0 saturated heterocycles. The van der Waals surface area contributed by atoms with Gasteiger partial charge in [0.25, 0.3) is 0 Å². The highest BCUT2D eigenvalue weighted by Gasteiger charge is 2.31. The van der Waals surface area contributed by atoms with E-state index in [0.717, 1.165) is 41.8 Å². The molecule has 1 aliphatic carbocycles. The SMILES string of the molecule is O=S(=O)(N[C@H]1CCc2ccccc21)c1ccc(C(F)(F)F)cc1. The van der Waals surface area contributed by atoms with Crippen LogP contribution in [0.4, 0.5) is 13.2 Å². The first-order valence-corrected chi connectivity index (χ1v) is 8.53. The number of aryl methyl sites for hydroxylation is 1. The molecule has 0 saturated carbocycles. The van der Waals surface area contributed by atoms with Gasteiger partial charge in [0.2, 0.25) is 10.0 Å².